The molecule has 0 aliphatic carbocycles. The number of halogens is 5. The standard InChI is InChI=1S/C17H11ClF4N2O3/c1-3-14(25)27-12-5-9(11(19)6-10(12)18)15-8(7-23)4-13(17(20,21)22)24(2)16(15)26/h4-6H,3H2,1-2H3. The van der Waals surface area contributed by atoms with E-state index in [0.717, 1.165) is 19.2 Å². The molecule has 0 bridgehead atoms. The van der Waals surface area contributed by atoms with Crippen LogP contribution < -0.4 is 10.3 Å². The molecule has 0 N–H and O–H groups in total. The van der Waals surface area contributed by atoms with Crippen molar-refractivity contribution in [2.24, 2.45) is 7.05 Å². The van der Waals surface area contributed by atoms with Gasteiger partial charge in [-0.05, 0) is 18.2 Å². The number of carbonyl (C=O) groups is 1. The molecule has 2 rings (SSSR count). The van der Waals surface area contributed by atoms with Crippen LogP contribution in [0.5, 0.6) is 5.75 Å². The maximum Gasteiger partial charge on any atom is 0.431 e. The molecule has 0 radical (unpaired) electrons. The zero-order chi connectivity index (χ0) is 20.5. The highest BCUT2D eigenvalue weighted by Crippen LogP contribution is 2.35. The van der Waals surface area contributed by atoms with Crippen LogP contribution in [0.2, 0.25) is 5.02 Å². The van der Waals surface area contributed by atoms with E-state index in [1.54, 1.807) is 0 Å². The number of nitrogens with zero attached hydrogens (tertiary/aromatic N) is 2. The highest BCUT2D eigenvalue weighted by molar-refractivity contribution is 6.32. The molecule has 142 valence electrons. The Labute approximate surface area is 155 Å². The molecule has 0 saturated heterocycles. The van der Waals surface area contributed by atoms with Gasteiger partial charge in [0.2, 0.25) is 0 Å². The Morgan fingerprint density at radius 1 is 1.33 bits per heavy atom. The van der Waals surface area contributed by atoms with Crippen molar-refractivity contribution in [3.8, 4) is 22.9 Å². The van der Waals surface area contributed by atoms with E-state index in [1.165, 1.54) is 13.0 Å². The van der Waals surface area contributed by atoms with E-state index in [0.29, 0.717) is 6.07 Å². The summed E-state index contributed by atoms with van der Waals surface area (Å²) in [4.78, 5) is 23.9. The molecule has 1 aromatic carbocycles. The first-order chi connectivity index (χ1) is 12.5. The summed E-state index contributed by atoms with van der Waals surface area (Å²) in [6.07, 6.45) is -4.91. The fourth-order valence-corrected chi connectivity index (χ4v) is 2.50. The minimum Gasteiger partial charge on any atom is -0.425 e. The lowest BCUT2D eigenvalue weighted by Gasteiger charge is -2.15. The molecule has 0 spiro atoms. The van der Waals surface area contributed by atoms with Crippen molar-refractivity contribution in [2.75, 3.05) is 0 Å². The lowest BCUT2D eigenvalue weighted by atomic mass is 10.00. The number of pyridine rings is 1. The number of hydrogen-bond acceptors (Lipinski definition) is 4. The topological polar surface area (TPSA) is 72.1 Å². The fourth-order valence-electron chi connectivity index (χ4n) is 2.31. The number of hydrogen-bond donors (Lipinski definition) is 0. The van der Waals surface area contributed by atoms with Crippen molar-refractivity contribution < 1.29 is 27.1 Å². The molecule has 0 fully saturated rings. The molecule has 10 heteroatoms. The SMILES string of the molecule is CCC(=O)Oc1cc(-c2c(C#N)cc(C(F)(F)F)n(C)c2=O)c(F)cc1Cl. The Hall–Kier alpha value is -2.86. The molecule has 0 unspecified atom stereocenters. The first-order valence-corrected chi connectivity index (χ1v) is 7.80. The molecule has 5 nitrogen and oxygen atoms in total. The Bertz CT molecular complexity index is 1020. The van der Waals surface area contributed by atoms with Crippen LogP contribution in [0.3, 0.4) is 0 Å². The Kier molecular flexibility index (Phi) is 5.61. The van der Waals surface area contributed by atoms with Gasteiger partial charge in [-0.2, -0.15) is 18.4 Å². The van der Waals surface area contributed by atoms with Gasteiger partial charge in [-0.1, -0.05) is 18.5 Å². The maximum atomic E-state index is 14.4. The number of nitriles is 1. The summed E-state index contributed by atoms with van der Waals surface area (Å²) >= 11 is 5.81. The number of benzene rings is 1. The predicted molar refractivity (Wildman–Crippen MR) is 87.7 cm³/mol. The molecule has 1 aromatic heterocycles. The highest BCUT2D eigenvalue weighted by Gasteiger charge is 2.35. The Balaban J connectivity index is 2.81. The minimum atomic E-state index is -4.89. The molecular formula is C17H11ClF4N2O3. The summed E-state index contributed by atoms with van der Waals surface area (Å²) in [5.41, 5.74) is -4.39. The summed E-state index contributed by atoms with van der Waals surface area (Å²) in [5.74, 6) is -2.05. The number of carbonyl (C=O) groups excluding carboxylic acids is 1. The van der Waals surface area contributed by atoms with Gasteiger partial charge in [-0.25, -0.2) is 4.39 Å². The van der Waals surface area contributed by atoms with E-state index >= 15 is 0 Å². The first kappa shape index (κ1) is 20.5. The van der Waals surface area contributed by atoms with Crippen molar-refractivity contribution in [2.45, 2.75) is 19.5 Å². The van der Waals surface area contributed by atoms with E-state index < -0.39 is 45.9 Å². The van der Waals surface area contributed by atoms with Crippen LogP contribution in [-0.2, 0) is 18.0 Å². The van der Waals surface area contributed by atoms with Gasteiger partial charge in [-0.15, -0.1) is 0 Å². The number of rotatable bonds is 3. The molecule has 2 aromatic rings. The lowest BCUT2D eigenvalue weighted by Crippen LogP contribution is -2.28. The zero-order valence-corrected chi connectivity index (χ0v) is 14.7. The van der Waals surface area contributed by atoms with Gasteiger partial charge in [0.05, 0.1) is 16.1 Å². The third-order valence-electron chi connectivity index (χ3n) is 3.64. The molecular weight excluding hydrogens is 392 g/mol. The predicted octanol–water partition coefficient (Wildman–Crippen LogP) is 4.05. The van der Waals surface area contributed by atoms with Gasteiger partial charge in [-0.3, -0.25) is 9.59 Å². The third kappa shape index (κ3) is 3.95. The van der Waals surface area contributed by atoms with Gasteiger partial charge in [0.15, 0.2) is 0 Å². The third-order valence-corrected chi connectivity index (χ3v) is 3.94. The smallest absolute Gasteiger partial charge is 0.425 e. The quantitative estimate of drug-likeness (QED) is 0.441. The van der Waals surface area contributed by atoms with Crippen LogP contribution in [0.4, 0.5) is 17.6 Å². The van der Waals surface area contributed by atoms with Crippen molar-refractivity contribution in [3.63, 3.8) is 0 Å². The van der Waals surface area contributed by atoms with Gasteiger partial charge in [0, 0.05) is 19.0 Å². The second-order valence-electron chi connectivity index (χ2n) is 5.38. The summed E-state index contributed by atoms with van der Waals surface area (Å²) < 4.78 is 58.7. The normalized spacial score (nSPS) is 11.2. The zero-order valence-electron chi connectivity index (χ0n) is 13.9. The lowest BCUT2D eigenvalue weighted by molar-refractivity contribution is -0.143. The average Bonchev–Trinajstić information content (AvgIpc) is 2.58. The maximum absolute atomic E-state index is 14.4. The molecule has 0 aliphatic rings. The largest absolute Gasteiger partial charge is 0.431 e. The van der Waals surface area contributed by atoms with Crippen LogP contribution in [0.15, 0.2) is 23.0 Å². The Morgan fingerprint density at radius 2 is 1.96 bits per heavy atom. The second-order valence-corrected chi connectivity index (χ2v) is 5.79. The molecule has 27 heavy (non-hydrogen) atoms. The summed E-state index contributed by atoms with van der Waals surface area (Å²) in [6.45, 7) is 1.50. The van der Waals surface area contributed by atoms with E-state index in [9.17, 15) is 32.4 Å². The Morgan fingerprint density at radius 3 is 2.48 bits per heavy atom. The van der Waals surface area contributed by atoms with Crippen molar-refractivity contribution >= 4 is 17.6 Å². The molecule has 1 heterocycles. The highest BCUT2D eigenvalue weighted by atomic mass is 35.5. The van der Waals surface area contributed by atoms with Gasteiger partial charge in [0.25, 0.3) is 5.56 Å². The van der Waals surface area contributed by atoms with E-state index in [2.05, 4.69) is 0 Å². The summed E-state index contributed by atoms with van der Waals surface area (Å²) in [6, 6.07) is 3.56. The van der Waals surface area contributed by atoms with E-state index in [4.69, 9.17) is 16.3 Å². The van der Waals surface area contributed by atoms with Crippen LogP contribution in [0, 0.1) is 17.1 Å². The van der Waals surface area contributed by atoms with Crippen LogP contribution in [0.25, 0.3) is 11.1 Å². The summed E-state index contributed by atoms with van der Waals surface area (Å²) in [5, 5.41) is 8.91. The monoisotopic (exact) mass is 402 g/mol. The number of ether oxygens (including phenoxy) is 1. The van der Waals surface area contributed by atoms with Gasteiger partial charge >= 0.3 is 12.1 Å². The van der Waals surface area contributed by atoms with Crippen molar-refractivity contribution in [1.29, 1.82) is 5.26 Å². The molecule has 0 amide bonds. The van der Waals surface area contributed by atoms with E-state index in [-0.39, 0.29) is 21.8 Å². The average molecular weight is 403 g/mol. The molecule has 0 atom stereocenters. The summed E-state index contributed by atoms with van der Waals surface area (Å²) in [7, 11) is 0.849. The number of esters is 1. The number of alkyl halides is 3. The molecule has 0 aliphatic heterocycles. The molecule has 0 saturated carbocycles. The van der Waals surface area contributed by atoms with E-state index in [1.807, 2.05) is 0 Å². The fraction of sp³-hybridized carbons (Fsp3) is 0.235. The van der Waals surface area contributed by atoms with Gasteiger partial charge < -0.3 is 9.30 Å². The van der Waals surface area contributed by atoms with Crippen LogP contribution in [-0.4, -0.2) is 10.5 Å². The van der Waals surface area contributed by atoms with Crippen LogP contribution >= 0.6 is 11.6 Å². The van der Waals surface area contributed by atoms with Crippen molar-refractivity contribution in [3.05, 3.63) is 50.7 Å². The number of aromatic nitrogens is 1. The second kappa shape index (κ2) is 7.40. The minimum absolute atomic E-state index is 0.0193. The van der Waals surface area contributed by atoms with Gasteiger partial charge in [0.1, 0.15) is 23.3 Å². The van der Waals surface area contributed by atoms with Crippen molar-refractivity contribution in [1.82, 2.24) is 4.57 Å². The van der Waals surface area contributed by atoms with Crippen LogP contribution in [0.1, 0.15) is 24.6 Å². The first-order valence-electron chi connectivity index (χ1n) is 7.42.